The highest BCUT2D eigenvalue weighted by Gasteiger charge is 2.44. The Balaban J connectivity index is 1.55. The van der Waals surface area contributed by atoms with Gasteiger partial charge in [-0.15, -0.1) is 0 Å². The van der Waals surface area contributed by atoms with Crippen LogP contribution in [0.1, 0.15) is 12.0 Å². The summed E-state index contributed by atoms with van der Waals surface area (Å²) in [5, 5.41) is 33.5. The first-order valence-corrected chi connectivity index (χ1v) is 8.70. The molecule has 4 heterocycles. The van der Waals surface area contributed by atoms with E-state index in [1.54, 1.807) is 30.5 Å². The van der Waals surface area contributed by atoms with E-state index < -0.39 is 31.1 Å². The Morgan fingerprint density at radius 1 is 1.31 bits per heavy atom. The highest BCUT2D eigenvalue weighted by atomic mass is 16.6. The van der Waals surface area contributed by atoms with Crippen LogP contribution in [0.5, 0.6) is 0 Å². The van der Waals surface area contributed by atoms with E-state index >= 15 is 0 Å². The third-order valence-electron chi connectivity index (χ3n) is 4.37. The Hall–Kier alpha value is -3.32. The number of aliphatic hydroxyl groups excluding tert-OH is 3. The van der Waals surface area contributed by atoms with Crippen molar-refractivity contribution in [1.82, 2.24) is 19.5 Å². The average Bonchev–Trinajstić information content (AvgIpc) is 3.43. The molecular weight excluding hydrogens is 382 g/mol. The van der Waals surface area contributed by atoms with Crippen LogP contribution in [-0.2, 0) is 4.74 Å². The molecule has 29 heavy (non-hydrogen) atoms. The number of nitrogen functional groups attached to an aromatic ring is 1. The lowest BCUT2D eigenvalue weighted by Crippen LogP contribution is -2.33. The van der Waals surface area contributed by atoms with E-state index in [1.807, 2.05) is 0 Å². The van der Waals surface area contributed by atoms with Crippen LogP contribution in [0, 0.1) is 0 Å². The van der Waals surface area contributed by atoms with Crippen molar-refractivity contribution >= 4 is 35.2 Å². The van der Waals surface area contributed by atoms with Crippen LogP contribution in [0.4, 0.5) is 11.8 Å². The fraction of sp³-hybridized carbons (Fsp3) is 0.294. The number of fused-ring (bicyclic) bond motifs is 1. The Kier molecular flexibility index (Phi) is 5.22. The predicted octanol–water partition coefficient (Wildman–Crippen LogP) is -0.276. The molecule has 0 unspecified atom stereocenters. The van der Waals surface area contributed by atoms with Gasteiger partial charge in [0.2, 0.25) is 5.95 Å². The second-order valence-electron chi connectivity index (χ2n) is 6.25. The number of nitrogens with zero attached hydrogens (tertiary/aromatic N) is 5. The number of nitrogens with two attached hydrogens (primary N) is 1. The van der Waals surface area contributed by atoms with Gasteiger partial charge in [0.1, 0.15) is 29.6 Å². The number of hydrogen-bond acceptors (Lipinski definition) is 11. The SMILES string of the molecule is Nc1nc(N/N=C/C=C/c2ccco2)nc2c1ncn2[C@@H]1O[C@H](CO)[C@@H](O)[C@H]1O. The van der Waals surface area contributed by atoms with E-state index in [0.717, 1.165) is 0 Å². The van der Waals surface area contributed by atoms with Gasteiger partial charge in [0.25, 0.3) is 0 Å². The van der Waals surface area contributed by atoms with Gasteiger partial charge >= 0.3 is 0 Å². The zero-order valence-electron chi connectivity index (χ0n) is 15.0. The standard InChI is InChI=1S/C17H19N7O5/c18-14-11-15(24(8-19-11)16-13(27)12(26)10(7-25)29-16)22-17(21-14)23-20-5-1-3-9-4-2-6-28-9/h1-6,8,10,12-13,16,25-27H,7H2,(H3,18,21,22,23)/b3-1+,20-5+/t10-,12-,13-,16-/m1/s1. The Morgan fingerprint density at radius 2 is 2.17 bits per heavy atom. The lowest BCUT2D eigenvalue weighted by molar-refractivity contribution is -0.0511. The minimum atomic E-state index is -1.28. The van der Waals surface area contributed by atoms with Gasteiger partial charge in [-0.25, -0.2) is 10.4 Å². The topological polar surface area (TPSA) is 177 Å². The van der Waals surface area contributed by atoms with Crippen LogP contribution >= 0.6 is 0 Å². The molecule has 0 bridgehead atoms. The molecule has 1 aliphatic heterocycles. The molecule has 4 atom stereocenters. The predicted molar refractivity (Wildman–Crippen MR) is 103 cm³/mol. The first-order valence-electron chi connectivity index (χ1n) is 8.70. The summed E-state index contributed by atoms with van der Waals surface area (Å²) >= 11 is 0. The lowest BCUT2D eigenvalue weighted by atomic mass is 10.1. The largest absolute Gasteiger partial charge is 0.465 e. The van der Waals surface area contributed by atoms with Crippen molar-refractivity contribution in [3.8, 4) is 0 Å². The summed E-state index contributed by atoms with van der Waals surface area (Å²) in [6, 6.07) is 3.57. The molecule has 6 N–H and O–H groups in total. The van der Waals surface area contributed by atoms with Gasteiger partial charge in [-0.1, -0.05) is 0 Å². The summed E-state index contributed by atoms with van der Waals surface area (Å²) in [4.78, 5) is 12.5. The summed E-state index contributed by atoms with van der Waals surface area (Å²) < 4.78 is 12.1. The maximum Gasteiger partial charge on any atom is 0.247 e. The van der Waals surface area contributed by atoms with Gasteiger partial charge in [0.15, 0.2) is 17.7 Å². The number of hydrazone groups is 1. The summed E-state index contributed by atoms with van der Waals surface area (Å²) in [5.41, 5.74) is 9.17. The number of imidazole rings is 1. The molecule has 3 aromatic rings. The molecule has 1 aliphatic rings. The third-order valence-corrected chi connectivity index (χ3v) is 4.37. The molecule has 4 rings (SSSR count). The number of ether oxygens (including phenoxy) is 1. The van der Waals surface area contributed by atoms with Crippen LogP contribution in [-0.4, -0.2) is 66.0 Å². The maximum absolute atomic E-state index is 10.2. The normalized spacial score (nSPS) is 24.9. The highest BCUT2D eigenvalue weighted by Crippen LogP contribution is 2.32. The molecule has 0 aromatic carbocycles. The molecule has 12 heteroatoms. The smallest absolute Gasteiger partial charge is 0.247 e. The molecule has 0 amide bonds. The van der Waals surface area contributed by atoms with Gasteiger partial charge in [-0.2, -0.15) is 15.1 Å². The van der Waals surface area contributed by atoms with Crippen molar-refractivity contribution in [2.45, 2.75) is 24.5 Å². The number of aliphatic hydroxyl groups is 3. The molecule has 0 aliphatic carbocycles. The van der Waals surface area contributed by atoms with Crippen LogP contribution < -0.4 is 11.2 Å². The molecule has 1 saturated heterocycles. The minimum Gasteiger partial charge on any atom is -0.465 e. The van der Waals surface area contributed by atoms with E-state index in [9.17, 15) is 15.3 Å². The van der Waals surface area contributed by atoms with Crippen molar-refractivity contribution in [3.63, 3.8) is 0 Å². The highest BCUT2D eigenvalue weighted by molar-refractivity contribution is 5.83. The quantitative estimate of drug-likeness (QED) is 0.273. The van der Waals surface area contributed by atoms with E-state index in [0.29, 0.717) is 11.3 Å². The Morgan fingerprint density at radius 3 is 2.90 bits per heavy atom. The molecule has 3 aromatic heterocycles. The van der Waals surface area contributed by atoms with Gasteiger partial charge in [-0.05, 0) is 24.3 Å². The van der Waals surface area contributed by atoms with Gasteiger partial charge in [0.05, 0.1) is 19.2 Å². The summed E-state index contributed by atoms with van der Waals surface area (Å²) in [6.07, 6.45) is 3.37. The number of hydrogen-bond donors (Lipinski definition) is 5. The molecule has 152 valence electrons. The minimum absolute atomic E-state index is 0.101. The fourth-order valence-corrected chi connectivity index (χ4v) is 2.95. The van der Waals surface area contributed by atoms with Crippen molar-refractivity contribution in [3.05, 3.63) is 36.6 Å². The summed E-state index contributed by atoms with van der Waals surface area (Å²) in [7, 11) is 0. The molecular formula is C17H19N7O5. The van der Waals surface area contributed by atoms with Crippen LogP contribution in [0.25, 0.3) is 17.2 Å². The van der Waals surface area contributed by atoms with Gasteiger partial charge in [0, 0.05) is 6.21 Å². The monoisotopic (exact) mass is 401 g/mol. The maximum atomic E-state index is 10.2. The summed E-state index contributed by atoms with van der Waals surface area (Å²) in [5.74, 6) is 0.885. The van der Waals surface area contributed by atoms with Crippen LogP contribution in [0.2, 0.25) is 0 Å². The van der Waals surface area contributed by atoms with E-state index in [4.69, 9.17) is 14.9 Å². The molecule has 0 spiro atoms. The first kappa shape index (κ1) is 19.0. The van der Waals surface area contributed by atoms with Crippen LogP contribution in [0.15, 0.2) is 40.3 Å². The molecule has 0 radical (unpaired) electrons. The first-order chi connectivity index (χ1) is 14.1. The number of nitrogens with one attached hydrogen (secondary N) is 1. The van der Waals surface area contributed by atoms with E-state index in [1.165, 1.54) is 17.1 Å². The molecule has 0 saturated carbocycles. The average molecular weight is 401 g/mol. The zero-order valence-corrected chi connectivity index (χ0v) is 15.0. The third kappa shape index (κ3) is 3.69. The molecule has 1 fully saturated rings. The molecule has 12 nitrogen and oxygen atoms in total. The Bertz CT molecular complexity index is 1030. The second kappa shape index (κ2) is 7.97. The fourth-order valence-electron chi connectivity index (χ4n) is 2.95. The number of aromatic nitrogens is 4. The lowest BCUT2D eigenvalue weighted by Gasteiger charge is -2.16. The Labute approximate surface area is 164 Å². The van der Waals surface area contributed by atoms with Crippen molar-refractivity contribution in [1.29, 1.82) is 0 Å². The van der Waals surface area contributed by atoms with Gasteiger partial charge in [-0.3, -0.25) is 4.57 Å². The summed E-state index contributed by atoms with van der Waals surface area (Å²) in [6.45, 7) is -0.439. The van der Waals surface area contributed by atoms with Crippen molar-refractivity contribution < 1.29 is 24.5 Å². The second-order valence-corrected chi connectivity index (χ2v) is 6.25. The van der Waals surface area contributed by atoms with E-state index in [-0.39, 0.29) is 17.4 Å². The number of rotatable bonds is 6. The number of furan rings is 1. The number of allylic oxidation sites excluding steroid dienone is 1. The van der Waals surface area contributed by atoms with Gasteiger partial charge < -0.3 is 30.2 Å². The zero-order chi connectivity index (χ0) is 20.4. The van der Waals surface area contributed by atoms with Crippen molar-refractivity contribution in [2.75, 3.05) is 17.8 Å². The number of anilines is 2. The van der Waals surface area contributed by atoms with E-state index in [2.05, 4.69) is 25.5 Å². The van der Waals surface area contributed by atoms with Crippen LogP contribution in [0.3, 0.4) is 0 Å². The van der Waals surface area contributed by atoms with Crippen molar-refractivity contribution in [2.24, 2.45) is 5.10 Å².